The van der Waals surface area contributed by atoms with Crippen molar-refractivity contribution in [1.82, 2.24) is 9.40 Å². The van der Waals surface area contributed by atoms with Crippen molar-refractivity contribution in [3.63, 3.8) is 0 Å². The zero-order valence-corrected chi connectivity index (χ0v) is 9.55. The van der Waals surface area contributed by atoms with E-state index in [2.05, 4.69) is 4.98 Å². The number of nitrogens with two attached hydrogens (primary N) is 1. The molecular weight excluding hydrogens is 246 g/mol. The SMILES string of the molecule is NC(=O)c1cccnc1.O=C1CCC(=O)N1Cl. The van der Waals surface area contributed by atoms with Gasteiger partial charge in [-0.05, 0) is 12.1 Å². The van der Waals surface area contributed by atoms with Crippen LogP contribution in [0.1, 0.15) is 23.2 Å². The van der Waals surface area contributed by atoms with Gasteiger partial charge in [-0.1, -0.05) is 0 Å². The van der Waals surface area contributed by atoms with Gasteiger partial charge in [0.2, 0.25) is 17.7 Å². The van der Waals surface area contributed by atoms with Gasteiger partial charge in [-0.25, -0.2) is 0 Å². The molecule has 1 aromatic heterocycles. The second-order valence-electron chi connectivity index (χ2n) is 3.17. The molecule has 0 unspecified atom stereocenters. The maximum atomic E-state index is 10.4. The van der Waals surface area contributed by atoms with Crippen molar-refractivity contribution in [2.24, 2.45) is 5.73 Å². The summed E-state index contributed by atoms with van der Waals surface area (Å²) in [4.78, 5) is 34.8. The average Bonchev–Trinajstić information content (AvgIpc) is 2.62. The lowest BCUT2D eigenvalue weighted by atomic mass is 10.3. The minimum atomic E-state index is -0.442. The number of imide groups is 1. The molecular formula is C10H10ClN3O3. The summed E-state index contributed by atoms with van der Waals surface area (Å²) in [5, 5.41) is 0. The number of primary amides is 1. The highest BCUT2D eigenvalue weighted by atomic mass is 35.5. The van der Waals surface area contributed by atoms with E-state index in [1.807, 2.05) is 0 Å². The fourth-order valence-electron chi connectivity index (χ4n) is 1.06. The lowest BCUT2D eigenvalue weighted by molar-refractivity contribution is -0.132. The maximum absolute atomic E-state index is 10.4. The van der Waals surface area contributed by atoms with Crippen LogP contribution in [-0.4, -0.2) is 27.1 Å². The lowest BCUT2D eigenvalue weighted by Crippen LogP contribution is -2.16. The maximum Gasteiger partial charge on any atom is 0.250 e. The fraction of sp³-hybridized carbons (Fsp3) is 0.200. The summed E-state index contributed by atoms with van der Waals surface area (Å²) >= 11 is 5.15. The molecule has 2 rings (SSSR count). The first-order valence-corrected chi connectivity index (χ1v) is 5.07. The molecule has 1 fully saturated rings. The van der Waals surface area contributed by atoms with E-state index in [4.69, 9.17) is 17.5 Å². The number of hydrogen-bond acceptors (Lipinski definition) is 4. The molecule has 3 amide bonds. The van der Waals surface area contributed by atoms with Gasteiger partial charge in [-0.2, -0.15) is 4.42 Å². The molecule has 0 atom stereocenters. The summed E-state index contributed by atoms with van der Waals surface area (Å²) in [5.41, 5.74) is 5.38. The van der Waals surface area contributed by atoms with E-state index in [9.17, 15) is 14.4 Å². The minimum Gasteiger partial charge on any atom is -0.366 e. The van der Waals surface area contributed by atoms with Crippen LogP contribution in [0.4, 0.5) is 0 Å². The van der Waals surface area contributed by atoms with Crippen LogP contribution in [0, 0.1) is 0 Å². The summed E-state index contributed by atoms with van der Waals surface area (Å²) in [7, 11) is 0. The van der Waals surface area contributed by atoms with Gasteiger partial charge in [0.05, 0.1) is 5.56 Å². The molecule has 0 radical (unpaired) electrons. The van der Waals surface area contributed by atoms with Crippen LogP contribution in [0.5, 0.6) is 0 Å². The first kappa shape index (κ1) is 13.1. The van der Waals surface area contributed by atoms with Crippen molar-refractivity contribution in [2.75, 3.05) is 0 Å². The molecule has 90 valence electrons. The Kier molecular flexibility index (Phi) is 4.59. The summed E-state index contributed by atoms with van der Waals surface area (Å²) in [5.74, 6) is -1.03. The Morgan fingerprint density at radius 3 is 2.18 bits per heavy atom. The number of nitrogens with zero attached hydrogens (tertiary/aromatic N) is 2. The first-order valence-electron chi connectivity index (χ1n) is 4.73. The van der Waals surface area contributed by atoms with E-state index >= 15 is 0 Å². The highest BCUT2D eigenvalue weighted by Crippen LogP contribution is 2.12. The lowest BCUT2D eigenvalue weighted by Gasteiger charge is -1.96. The van der Waals surface area contributed by atoms with Crippen molar-refractivity contribution in [1.29, 1.82) is 0 Å². The molecule has 6 nitrogen and oxygen atoms in total. The van der Waals surface area contributed by atoms with Crippen molar-refractivity contribution >= 4 is 29.5 Å². The summed E-state index contributed by atoms with van der Waals surface area (Å²) in [6.45, 7) is 0. The highest BCUT2D eigenvalue weighted by molar-refractivity contribution is 6.32. The van der Waals surface area contributed by atoms with Crippen LogP contribution in [0.2, 0.25) is 0 Å². The number of aromatic nitrogens is 1. The van der Waals surface area contributed by atoms with Gasteiger partial charge in [0.15, 0.2) is 0 Å². The predicted molar refractivity (Wildman–Crippen MR) is 59.7 cm³/mol. The van der Waals surface area contributed by atoms with Crippen molar-refractivity contribution in [3.8, 4) is 0 Å². The topological polar surface area (TPSA) is 93.4 Å². The zero-order chi connectivity index (χ0) is 12.8. The normalized spacial score (nSPS) is 14.3. The van der Waals surface area contributed by atoms with Crippen molar-refractivity contribution < 1.29 is 14.4 Å². The number of halogens is 1. The van der Waals surface area contributed by atoms with Crippen LogP contribution in [0.25, 0.3) is 0 Å². The van der Waals surface area contributed by atoms with Crippen LogP contribution < -0.4 is 5.73 Å². The van der Waals surface area contributed by atoms with Gasteiger partial charge in [0, 0.05) is 37.0 Å². The third kappa shape index (κ3) is 3.84. The van der Waals surface area contributed by atoms with Crippen molar-refractivity contribution in [3.05, 3.63) is 30.1 Å². The Balaban J connectivity index is 0.000000171. The molecule has 1 aliphatic heterocycles. The number of amides is 3. The van der Waals surface area contributed by atoms with E-state index in [0.29, 0.717) is 9.98 Å². The van der Waals surface area contributed by atoms with Gasteiger partial charge < -0.3 is 5.73 Å². The zero-order valence-electron chi connectivity index (χ0n) is 8.80. The summed E-state index contributed by atoms with van der Waals surface area (Å²) in [6.07, 6.45) is 3.56. The van der Waals surface area contributed by atoms with E-state index < -0.39 is 5.91 Å². The van der Waals surface area contributed by atoms with Crippen LogP contribution >= 0.6 is 11.8 Å². The fourth-order valence-corrected chi connectivity index (χ4v) is 1.23. The molecule has 0 aliphatic carbocycles. The monoisotopic (exact) mass is 255 g/mol. The number of carbonyl (C=O) groups excluding carboxylic acids is 3. The Morgan fingerprint density at radius 1 is 1.35 bits per heavy atom. The molecule has 2 heterocycles. The first-order chi connectivity index (χ1) is 8.02. The van der Waals surface area contributed by atoms with Gasteiger partial charge in [-0.3, -0.25) is 19.4 Å². The second kappa shape index (κ2) is 5.95. The quantitative estimate of drug-likeness (QED) is 0.583. The number of carbonyl (C=O) groups is 3. The summed E-state index contributed by atoms with van der Waals surface area (Å²) < 4.78 is 0.639. The molecule has 0 spiro atoms. The van der Waals surface area contributed by atoms with Crippen LogP contribution in [0.15, 0.2) is 24.5 Å². The number of pyridine rings is 1. The molecule has 7 heteroatoms. The number of hydrogen-bond donors (Lipinski definition) is 1. The van der Waals surface area contributed by atoms with E-state index in [1.165, 1.54) is 6.20 Å². The van der Waals surface area contributed by atoms with Gasteiger partial charge >= 0.3 is 0 Å². The Bertz CT molecular complexity index is 420. The highest BCUT2D eigenvalue weighted by Gasteiger charge is 2.26. The summed E-state index contributed by atoms with van der Waals surface area (Å²) in [6, 6.07) is 3.29. The van der Waals surface area contributed by atoms with E-state index in [0.717, 1.165) is 0 Å². The van der Waals surface area contributed by atoms with Gasteiger partial charge in [-0.15, -0.1) is 0 Å². The molecule has 0 aromatic carbocycles. The molecule has 1 saturated heterocycles. The second-order valence-corrected chi connectivity index (χ2v) is 3.51. The van der Waals surface area contributed by atoms with Crippen LogP contribution in [0.3, 0.4) is 0 Å². The molecule has 1 aliphatic rings. The minimum absolute atomic E-state index is 0.266. The van der Waals surface area contributed by atoms with E-state index in [1.54, 1.807) is 18.3 Å². The van der Waals surface area contributed by atoms with Crippen LogP contribution in [-0.2, 0) is 9.59 Å². The molecule has 17 heavy (non-hydrogen) atoms. The Morgan fingerprint density at radius 2 is 1.94 bits per heavy atom. The largest absolute Gasteiger partial charge is 0.366 e. The third-order valence-corrected chi connectivity index (χ3v) is 2.31. The smallest absolute Gasteiger partial charge is 0.250 e. The predicted octanol–water partition coefficient (Wildman–Crippen LogP) is 0.470. The standard InChI is InChI=1S/C6H6N2O.C4H4ClNO2/c7-6(9)5-2-1-3-8-4-5;5-6-3(7)1-2-4(6)8/h1-4H,(H2,7,9);1-2H2. The van der Waals surface area contributed by atoms with E-state index in [-0.39, 0.29) is 24.7 Å². The molecule has 1 aromatic rings. The number of rotatable bonds is 1. The Hall–Kier alpha value is -1.95. The van der Waals surface area contributed by atoms with Crippen molar-refractivity contribution in [2.45, 2.75) is 12.8 Å². The molecule has 0 saturated carbocycles. The molecule has 0 bridgehead atoms. The third-order valence-electron chi connectivity index (χ3n) is 1.94. The Labute approximate surface area is 102 Å². The van der Waals surface area contributed by atoms with Gasteiger partial charge in [0.1, 0.15) is 0 Å². The average molecular weight is 256 g/mol. The molecule has 2 N–H and O–H groups in total. The van der Waals surface area contributed by atoms with Gasteiger partial charge in [0.25, 0.3) is 0 Å².